The van der Waals surface area contributed by atoms with Gasteiger partial charge in [0, 0.05) is 12.1 Å². The molecule has 2 rings (SSSR count). The molecule has 0 saturated heterocycles. The summed E-state index contributed by atoms with van der Waals surface area (Å²) in [7, 11) is 0. The second-order valence-corrected chi connectivity index (χ2v) is 4.89. The minimum absolute atomic E-state index is 0.0158. The lowest BCUT2D eigenvalue weighted by atomic mass is 9.93. The van der Waals surface area contributed by atoms with Crippen molar-refractivity contribution in [2.45, 2.75) is 31.7 Å². The van der Waals surface area contributed by atoms with Crippen LogP contribution in [0, 0.1) is 0 Å². The van der Waals surface area contributed by atoms with Crippen LogP contribution in [0.1, 0.15) is 34.5 Å². The third-order valence-corrected chi connectivity index (χ3v) is 3.48. The van der Waals surface area contributed by atoms with E-state index in [1.54, 1.807) is 13.0 Å². The van der Waals surface area contributed by atoms with E-state index in [2.05, 4.69) is 10.6 Å². The Morgan fingerprint density at radius 1 is 1.38 bits per heavy atom. The molecule has 116 valence electrons. The number of nitrogens with one attached hydrogen (secondary N) is 2. The Morgan fingerprint density at radius 2 is 2.10 bits per heavy atom. The van der Waals surface area contributed by atoms with Crippen molar-refractivity contribution in [1.82, 2.24) is 10.6 Å². The van der Waals surface area contributed by atoms with Crippen LogP contribution in [0.4, 0.5) is 17.6 Å². The number of fused-ring (bicyclic) bond motifs is 1. The summed E-state index contributed by atoms with van der Waals surface area (Å²) in [5.74, 6) is -4.58. The van der Waals surface area contributed by atoms with Gasteiger partial charge in [-0.15, -0.1) is 0 Å². The lowest BCUT2D eigenvalue weighted by molar-refractivity contribution is -0.151. The van der Waals surface area contributed by atoms with Gasteiger partial charge in [-0.05, 0) is 30.2 Å². The first-order valence-electron chi connectivity index (χ1n) is 6.68. The van der Waals surface area contributed by atoms with Crippen LogP contribution in [-0.2, 0) is 6.42 Å². The van der Waals surface area contributed by atoms with Gasteiger partial charge < -0.3 is 10.6 Å². The number of amides is 1. The summed E-state index contributed by atoms with van der Waals surface area (Å²) in [6.07, 6.45) is -3.19. The molecule has 0 saturated carbocycles. The van der Waals surface area contributed by atoms with Crippen LogP contribution in [0.25, 0.3) is 0 Å². The Hall–Kier alpha value is -1.63. The number of alkyl halides is 4. The van der Waals surface area contributed by atoms with Crippen molar-refractivity contribution >= 4 is 5.91 Å². The Kier molecular flexibility index (Phi) is 4.51. The topological polar surface area (TPSA) is 41.1 Å². The maximum Gasteiger partial charge on any atom is 0.326 e. The number of halogens is 4. The Labute approximate surface area is 119 Å². The molecule has 0 aromatic heterocycles. The summed E-state index contributed by atoms with van der Waals surface area (Å²) in [5.41, 5.74) is 0.989. The standard InChI is InChI=1S/C14H16F4N2O/c1-2-19-11(14(17,18)13(15)16)9-4-3-8-5-6-20-12(21)10(8)7-9/h3-4,7,11,13,19H,2,5-6H2,1H3,(H,20,21). The van der Waals surface area contributed by atoms with E-state index in [0.29, 0.717) is 13.0 Å². The highest BCUT2D eigenvalue weighted by Gasteiger charge is 2.49. The van der Waals surface area contributed by atoms with Gasteiger partial charge in [0.1, 0.15) is 6.04 Å². The predicted molar refractivity (Wildman–Crippen MR) is 69.8 cm³/mol. The van der Waals surface area contributed by atoms with Crippen LogP contribution in [-0.4, -0.2) is 31.3 Å². The summed E-state index contributed by atoms with van der Waals surface area (Å²) in [6, 6.07) is 2.37. The molecule has 21 heavy (non-hydrogen) atoms. The van der Waals surface area contributed by atoms with Crippen LogP contribution < -0.4 is 10.6 Å². The largest absolute Gasteiger partial charge is 0.352 e. The lowest BCUT2D eigenvalue weighted by Crippen LogP contribution is -2.42. The third-order valence-electron chi connectivity index (χ3n) is 3.48. The Balaban J connectivity index is 2.42. The first-order chi connectivity index (χ1) is 9.87. The molecule has 1 aromatic carbocycles. The summed E-state index contributed by atoms with van der Waals surface area (Å²) in [6.45, 7) is 2.14. The minimum atomic E-state index is -4.21. The van der Waals surface area contributed by atoms with Gasteiger partial charge in [-0.25, -0.2) is 8.78 Å². The van der Waals surface area contributed by atoms with Crippen LogP contribution in [0.2, 0.25) is 0 Å². The summed E-state index contributed by atoms with van der Waals surface area (Å²) < 4.78 is 52.6. The van der Waals surface area contributed by atoms with E-state index in [-0.39, 0.29) is 23.6 Å². The van der Waals surface area contributed by atoms with Gasteiger partial charge in [0.15, 0.2) is 0 Å². The first-order valence-corrected chi connectivity index (χ1v) is 6.68. The molecule has 0 fully saturated rings. The smallest absolute Gasteiger partial charge is 0.326 e. The monoisotopic (exact) mass is 304 g/mol. The highest BCUT2D eigenvalue weighted by atomic mass is 19.3. The summed E-state index contributed by atoms with van der Waals surface area (Å²) >= 11 is 0. The molecule has 0 spiro atoms. The molecule has 0 radical (unpaired) electrons. The van der Waals surface area contributed by atoms with E-state index in [4.69, 9.17) is 0 Å². The second-order valence-electron chi connectivity index (χ2n) is 4.89. The van der Waals surface area contributed by atoms with E-state index in [0.717, 1.165) is 5.56 Å². The molecule has 1 atom stereocenters. The number of hydrogen-bond acceptors (Lipinski definition) is 2. The number of benzene rings is 1. The van der Waals surface area contributed by atoms with E-state index in [9.17, 15) is 22.4 Å². The van der Waals surface area contributed by atoms with Crippen molar-refractivity contribution in [1.29, 1.82) is 0 Å². The highest BCUT2D eigenvalue weighted by Crippen LogP contribution is 2.37. The lowest BCUT2D eigenvalue weighted by Gasteiger charge is -2.28. The molecule has 2 N–H and O–H groups in total. The number of carbonyl (C=O) groups is 1. The fraction of sp³-hybridized carbons (Fsp3) is 0.500. The minimum Gasteiger partial charge on any atom is -0.352 e. The number of hydrogen-bond donors (Lipinski definition) is 2. The first kappa shape index (κ1) is 15.8. The van der Waals surface area contributed by atoms with Crippen LogP contribution in [0.3, 0.4) is 0 Å². The number of carbonyl (C=O) groups excluding carboxylic acids is 1. The van der Waals surface area contributed by atoms with Crippen LogP contribution in [0.5, 0.6) is 0 Å². The molecular weight excluding hydrogens is 288 g/mol. The molecule has 1 aromatic rings. The van der Waals surface area contributed by atoms with Crippen molar-refractivity contribution in [3.63, 3.8) is 0 Å². The third kappa shape index (κ3) is 3.02. The van der Waals surface area contributed by atoms with Crippen molar-refractivity contribution in [2.75, 3.05) is 13.1 Å². The summed E-state index contributed by atoms with van der Waals surface area (Å²) in [4.78, 5) is 11.7. The second kappa shape index (κ2) is 6.01. The molecule has 1 amide bonds. The molecular formula is C14H16F4N2O. The molecule has 0 aliphatic carbocycles. The average molecular weight is 304 g/mol. The van der Waals surface area contributed by atoms with Gasteiger partial charge >= 0.3 is 12.3 Å². The van der Waals surface area contributed by atoms with Gasteiger partial charge in [-0.1, -0.05) is 19.1 Å². The van der Waals surface area contributed by atoms with E-state index in [1.165, 1.54) is 12.1 Å². The zero-order valence-corrected chi connectivity index (χ0v) is 11.4. The molecule has 7 heteroatoms. The van der Waals surface area contributed by atoms with Gasteiger partial charge in [0.05, 0.1) is 0 Å². The molecule has 1 unspecified atom stereocenters. The van der Waals surface area contributed by atoms with Gasteiger partial charge in [-0.3, -0.25) is 4.79 Å². The highest BCUT2D eigenvalue weighted by molar-refractivity contribution is 5.96. The van der Waals surface area contributed by atoms with Crippen LogP contribution >= 0.6 is 0 Å². The van der Waals surface area contributed by atoms with E-state index >= 15 is 0 Å². The van der Waals surface area contributed by atoms with Gasteiger partial charge in [0.2, 0.25) is 0 Å². The summed E-state index contributed by atoms with van der Waals surface area (Å²) in [5, 5.41) is 4.98. The fourth-order valence-corrected chi connectivity index (χ4v) is 2.42. The normalized spacial score (nSPS) is 16.6. The maximum atomic E-state index is 13.7. The van der Waals surface area contributed by atoms with Crippen LogP contribution in [0.15, 0.2) is 18.2 Å². The van der Waals surface area contributed by atoms with E-state index in [1.807, 2.05) is 0 Å². The molecule has 0 bridgehead atoms. The molecule has 3 nitrogen and oxygen atoms in total. The fourth-order valence-electron chi connectivity index (χ4n) is 2.42. The zero-order chi connectivity index (χ0) is 15.6. The van der Waals surface area contributed by atoms with Crippen molar-refractivity contribution in [3.05, 3.63) is 34.9 Å². The van der Waals surface area contributed by atoms with Crippen molar-refractivity contribution in [3.8, 4) is 0 Å². The Bertz CT molecular complexity index is 534. The van der Waals surface area contributed by atoms with Gasteiger partial charge in [0.25, 0.3) is 5.91 Å². The molecule has 1 aliphatic heterocycles. The molecule has 1 heterocycles. The average Bonchev–Trinajstić information content (AvgIpc) is 2.44. The van der Waals surface area contributed by atoms with E-state index < -0.39 is 18.4 Å². The number of rotatable bonds is 5. The molecule has 1 aliphatic rings. The van der Waals surface area contributed by atoms with Crippen molar-refractivity contribution in [2.24, 2.45) is 0 Å². The Morgan fingerprint density at radius 3 is 2.71 bits per heavy atom. The SMILES string of the molecule is CCNC(c1ccc2c(c1)C(=O)NCC2)C(F)(F)C(F)F. The van der Waals surface area contributed by atoms with Crippen molar-refractivity contribution < 1.29 is 22.4 Å². The van der Waals surface area contributed by atoms with Gasteiger partial charge in [-0.2, -0.15) is 8.78 Å². The zero-order valence-electron chi connectivity index (χ0n) is 11.4. The predicted octanol–water partition coefficient (Wildman–Crippen LogP) is 2.52. The maximum absolute atomic E-state index is 13.7. The quantitative estimate of drug-likeness (QED) is 0.821.